The molecule has 0 aliphatic carbocycles. The summed E-state index contributed by atoms with van der Waals surface area (Å²) in [6, 6.07) is 5.63. The maximum absolute atomic E-state index is 13.4. The molecular formula is C17H12BrClF2N4O3S. The second kappa shape index (κ2) is 8.19. The van der Waals surface area contributed by atoms with Crippen LogP contribution < -0.4 is 10.5 Å². The molecule has 0 fully saturated rings. The molecule has 0 aliphatic heterocycles. The van der Waals surface area contributed by atoms with Gasteiger partial charge in [-0.05, 0) is 51.8 Å². The van der Waals surface area contributed by atoms with Crippen LogP contribution in [0.1, 0.15) is 5.56 Å². The van der Waals surface area contributed by atoms with Crippen LogP contribution in [-0.4, -0.2) is 24.1 Å². The quantitative estimate of drug-likeness (QED) is 0.518. The highest BCUT2D eigenvalue weighted by molar-refractivity contribution is 9.10. The van der Waals surface area contributed by atoms with Crippen molar-refractivity contribution in [2.24, 2.45) is 5.14 Å². The molecule has 1 aromatic heterocycles. The molecule has 29 heavy (non-hydrogen) atoms. The van der Waals surface area contributed by atoms with E-state index in [0.717, 1.165) is 12.1 Å². The van der Waals surface area contributed by atoms with Crippen molar-refractivity contribution in [2.75, 3.05) is 5.32 Å². The molecule has 3 N–H and O–H groups in total. The van der Waals surface area contributed by atoms with Gasteiger partial charge in [0.25, 0.3) is 0 Å². The zero-order valence-corrected chi connectivity index (χ0v) is 17.5. The van der Waals surface area contributed by atoms with Gasteiger partial charge in [-0.15, -0.1) is 0 Å². The van der Waals surface area contributed by atoms with E-state index in [-0.39, 0.29) is 33.3 Å². The minimum Gasteiger partial charge on any atom is -0.326 e. The summed E-state index contributed by atoms with van der Waals surface area (Å²) in [6.07, 6.45) is 2.65. The molecule has 0 bridgehead atoms. The summed E-state index contributed by atoms with van der Waals surface area (Å²) in [5, 5.41) is 11.7. The van der Waals surface area contributed by atoms with Crippen LogP contribution in [0.15, 0.2) is 52.1 Å². The van der Waals surface area contributed by atoms with Gasteiger partial charge in [0.2, 0.25) is 15.9 Å². The number of nitrogens with two attached hydrogens (primary N) is 1. The molecule has 0 aliphatic rings. The van der Waals surface area contributed by atoms with Crippen LogP contribution in [0.2, 0.25) is 5.02 Å². The van der Waals surface area contributed by atoms with Crippen molar-refractivity contribution in [3.8, 4) is 5.69 Å². The third-order valence-electron chi connectivity index (χ3n) is 3.79. The molecule has 0 radical (unpaired) electrons. The smallest absolute Gasteiger partial charge is 0.240 e. The Balaban J connectivity index is 1.88. The third kappa shape index (κ3) is 4.99. The van der Waals surface area contributed by atoms with E-state index < -0.39 is 27.6 Å². The van der Waals surface area contributed by atoms with Crippen LogP contribution in [0.3, 0.4) is 0 Å². The van der Waals surface area contributed by atoms with E-state index in [2.05, 4.69) is 26.3 Å². The Morgan fingerprint density at radius 3 is 2.55 bits per heavy atom. The largest absolute Gasteiger partial charge is 0.326 e. The van der Waals surface area contributed by atoms with Gasteiger partial charge in [0.05, 0.1) is 22.8 Å². The number of carbonyl (C=O) groups excluding carboxylic acids is 1. The summed E-state index contributed by atoms with van der Waals surface area (Å²) in [5.41, 5.74) is 0.389. The molecule has 7 nitrogen and oxygen atoms in total. The van der Waals surface area contributed by atoms with Crippen molar-refractivity contribution < 1.29 is 22.0 Å². The maximum Gasteiger partial charge on any atom is 0.240 e. The number of anilines is 1. The lowest BCUT2D eigenvalue weighted by atomic mass is 10.1. The van der Waals surface area contributed by atoms with Crippen LogP contribution >= 0.6 is 27.5 Å². The molecule has 152 valence electrons. The van der Waals surface area contributed by atoms with Crippen molar-refractivity contribution in [1.29, 1.82) is 0 Å². The molecule has 0 saturated heterocycles. The van der Waals surface area contributed by atoms with Crippen LogP contribution in [0.4, 0.5) is 14.5 Å². The SMILES string of the molecule is NS(=O)(=O)c1cc(NC(=O)Cc2cc(F)c(F)cc2Cl)ccc1-n1cc(Br)cn1. The average Bonchev–Trinajstić information content (AvgIpc) is 3.05. The molecule has 1 amide bonds. The lowest BCUT2D eigenvalue weighted by Crippen LogP contribution is -2.18. The number of halogens is 4. The maximum atomic E-state index is 13.4. The third-order valence-corrected chi connectivity index (χ3v) is 5.49. The summed E-state index contributed by atoms with van der Waals surface area (Å²) < 4.78 is 52.4. The Labute approximate surface area is 177 Å². The monoisotopic (exact) mass is 504 g/mol. The lowest BCUT2D eigenvalue weighted by Gasteiger charge is -2.12. The second-order valence-corrected chi connectivity index (χ2v) is 8.77. The number of hydrogen-bond acceptors (Lipinski definition) is 4. The van der Waals surface area contributed by atoms with E-state index in [0.29, 0.717) is 4.47 Å². The van der Waals surface area contributed by atoms with Crippen molar-refractivity contribution in [3.05, 3.63) is 69.4 Å². The van der Waals surface area contributed by atoms with E-state index in [1.54, 1.807) is 0 Å². The number of benzene rings is 2. The van der Waals surface area contributed by atoms with Gasteiger partial charge >= 0.3 is 0 Å². The molecule has 0 atom stereocenters. The molecular weight excluding hydrogens is 494 g/mol. The number of amides is 1. The van der Waals surface area contributed by atoms with Gasteiger partial charge in [0, 0.05) is 16.9 Å². The van der Waals surface area contributed by atoms with Gasteiger partial charge in [-0.1, -0.05) is 11.6 Å². The number of carbonyl (C=O) groups is 1. The molecule has 12 heteroatoms. The highest BCUT2D eigenvalue weighted by atomic mass is 79.9. The molecule has 3 aromatic rings. The van der Waals surface area contributed by atoms with Crippen LogP contribution in [0.5, 0.6) is 0 Å². The minimum absolute atomic E-state index is 0.0766. The van der Waals surface area contributed by atoms with Crippen molar-refractivity contribution >= 4 is 49.1 Å². The highest BCUT2D eigenvalue weighted by Crippen LogP contribution is 2.25. The summed E-state index contributed by atoms with van der Waals surface area (Å²) in [5.74, 6) is -2.88. The highest BCUT2D eigenvalue weighted by Gasteiger charge is 2.18. The second-order valence-electron chi connectivity index (χ2n) is 5.91. The van der Waals surface area contributed by atoms with Gasteiger partial charge in [0.1, 0.15) is 4.90 Å². The molecule has 3 rings (SSSR count). The van der Waals surface area contributed by atoms with Crippen molar-refractivity contribution in [2.45, 2.75) is 11.3 Å². The molecule has 2 aromatic carbocycles. The fraction of sp³-hybridized carbons (Fsp3) is 0.0588. The number of rotatable bonds is 5. The average molecular weight is 506 g/mol. The van der Waals surface area contributed by atoms with Crippen molar-refractivity contribution in [1.82, 2.24) is 9.78 Å². The Hall–Kier alpha value is -2.34. The first-order chi connectivity index (χ1) is 13.5. The minimum atomic E-state index is -4.15. The van der Waals surface area contributed by atoms with Gasteiger partial charge in [-0.25, -0.2) is 27.0 Å². The standard InChI is InChI=1S/C17H12BrClF2N4O3S/c18-10-7-23-25(8-10)15-2-1-11(5-16(15)29(22,27)28)24-17(26)4-9-3-13(20)14(21)6-12(9)19/h1-3,5-8H,4H2,(H,24,26)(H2,22,27,28). The van der Waals surface area contributed by atoms with E-state index in [4.69, 9.17) is 16.7 Å². The van der Waals surface area contributed by atoms with Crippen LogP contribution in [0.25, 0.3) is 5.69 Å². The first kappa shape index (κ1) is 21.4. The number of aromatic nitrogens is 2. The van der Waals surface area contributed by atoms with Gasteiger partial charge < -0.3 is 5.32 Å². The Kier molecular flexibility index (Phi) is 6.03. The fourth-order valence-corrected chi connectivity index (χ4v) is 3.77. The van der Waals surface area contributed by atoms with E-state index >= 15 is 0 Å². The number of nitrogens with zero attached hydrogens (tertiary/aromatic N) is 2. The van der Waals surface area contributed by atoms with Crippen LogP contribution in [-0.2, 0) is 21.2 Å². The Morgan fingerprint density at radius 1 is 1.24 bits per heavy atom. The Bertz CT molecular complexity index is 1220. The zero-order chi connectivity index (χ0) is 21.3. The van der Waals surface area contributed by atoms with E-state index in [1.807, 2.05) is 0 Å². The number of nitrogens with one attached hydrogen (secondary N) is 1. The first-order valence-corrected chi connectivity index (χ1v) is 10.6. The van der Waals surface area contributed by atoms with Gasteiger partial charge in [0.15, 0.2) is 11.6 Å². The predicted octanol–water partition coefficient (Wildman–Crippen LogP) is 3.40. The Morgan fingerprint density at radius 2 is 1.93 bits per heavy atom. The fourth-order valence-electron chi connectivity index (χ4n) is 2.52. The number of sulfonamides is 1. The number of primary sulfonamides is 1. The van der Waals surface area contributed by atoms with Crippen LogP contribution in [0, 0.1) is 11.6 Å². The van der Waals surface area contributed by atoms with E-state index in [9.17, 15) is 22.0 Å². The van der Waals surface area contributed by atoms with Gasteiger partial charge in [-0.3, -0.25) is 4.79 Å². The summed E-state index contributed by atoms with van der Waals surface area (Å²) in [7, 11) is -4.15. The zero-order valence-electron chi connectivity index (χ0n) is 14.4. The number of hydrogen-bond donors (Lipinski definition) is 2. The normalized spacial score (nSPS) is 11.5. The van der Waals surface area contributed by atoms with Gasteiger partial charge in [-0.2, -0.15) is 5.10 Å². The molecule has 0 unspecified atom stereocenters. The molecule has 0 saturated carbocycles. The van der Waals surface area contributed by atoms with Crippen molar-refractivity contribution in [3.63, 3.8) is 0 Å². The summed E-state index contributed by atoms with van der Waals surface area (Å²) in [4.78, 5) is 12.0. The predicted molar refractivity (Wildman–Crippen MR) is 106 cm³/mol. The summed E-state index contributed by atoms with van der Waals surface area (Å²) in [6.45, 7) is 0. The lowest BCUT2D eigenvalue weighted by molar-refractivity contribution is -0.115. The van der Waals surface area contributed by atoms with E-state index in [1.165, 1.54) is 35.3 Å². The topological polar surface area (TPSA) is 107 Å². The molecule has 1 heterocycles. The first-order valence-electron chi connectivity index (χ1n) is 7.85. The summed E-state index contributed by atoms with van der Waals surface area (Å²) >= 11 is 9.04. The molecule has 0 spiro atoms.